The van der Waals surface area contributed by atoms with E-state index in [-0.39, 0.29) is 11.1 Å². The Kier molecular flexibility index (Phi) is 2.87. The van der Waals surface area contributed by atoms with Gasteiger partial charge in [0.05, 0.1) is 5.56 Å². The van der Waals surface area contributed by atoms with E-state index < -0.39 is 11.8 Å². The summed E-state index contributed by atoms with van der Waals surface area (Å²) < 4.78 is 13.7. The average Bonchev–Trinajstić information content (AvgIpc) is 2.30. The summed E-state index contributed by atoms with van der Waals surface area (Å²) in [6.07, 6.45) is 3.16. The maximum absolute atomic E-state index is 13.7. The predicted octanol–water partition coefficient (Wildman–Crippen LogP) is 2.89. The number of nitrogens with zero attached hydrogens (tertiary/aromatic N) is 1. The molecule has 1 heterocycles. The molecular weight excluding hydrogens is 221 g/mol. The van der Waals surface area contributed by atoms with Crippen LogP contribution in [0.2, 0.25) is 0 Å². The van der Waals surface area contributed by atoms with Crippen LogP contribution in [-0.4, -0.2) is 16.1 Å². The molecule has 2 rings (SSSR count). The predicted molar refractivity (Wildman–Crippen MR) is 61.3 cm³/mol. The third-order valence-corrected chi connectivity index (χ3v) is 2.52. The third kappa shape index (κ3) is 2.15. The molecule has 0 aliphatic carbocycles. The summed E-state index contributed by atoms with van der Waals surface area (Å²) in [4.78, 5) is 14.8. The van der Waals surface area contributed by atoms with Crippen molar-refractivity contribution in [3.8, 4) is 11.1 Å². The van der Waals surface area contributed by atoms with Gasteiger partial charge in [0.15, 0.2) is 0 Å². The summed E-state index contributed by atoms with van der Waals surface area (Å²) in [6, 6.07) is 5.41. The Morgan fingerprint density at radius 3 is 2.71 bits per heavy atom. The summed E-state index contributed by atoms with van der Waals surface area (Å²) in [5, 5.41) is 8.88. The van der Waals surface area contributed by atoms with E-state index in [4.69, 9.17) is 5.11 Å². The van der Waals surface area contributed by atoms with Crippen molar-refractivity contribution < 1.29 is 14.3 Å². The molecule has 1 aromatic carbocycles. The number of benzene rings is 1. The maximum Gasteiger partial charge on any atom is 0.335 e. The van der Waals surface area contributed by atoms with Crippen LogP contribution in [0.5, 0.6) is 0 Å². The zero-order valence-corrected chi connectivity index (χ0v) is 9.14. The Balaban J connectivity index is 2.63. The van der Waals surface area contributed by atoms with Crippen molar-refractivity contribution in [1.29, 1.82) is 0 Å². The lowest BCUT2D eigenvalue weighted by molar-refractivity contribution is 0.0697. The quantitative estimate of drug-likeness (QED) is 0.864. The molecule has 0 atom stereocenters. The van der Waals surface area contributed by atoms with E-state index in [9.17, 15) is 9.18 Å². The highest BCUT2D eigenvalue weighted by atomic mass is 19.1. The fourth-order valence-corrected chi connectivity index (χ4v) is 1.64. The highest BCUT2D eigenvalue weighted by Gasteiger charge is 2.11. The molecule has 0 bridgehead atoms. The van der Waals surface area contributed by atoms with Gasteiger partial charge in [0.25, 0.3) is 0 Å². The molecule has 3 nitrogen and oxygen atoms in total. The Morgan fingerprint density at radius 1 is 1.29 bits per heavy atom. The van der Waals surface area contributed by atoms with Crippen LogP contribution in [0, 0.1) is 12.7 Å². The van der Waals surface area contributed by atoms with Gasteiger partial charge in [-0.25, -0.2) is 9.18 Å². The standard InChI is InChI=1S/C13H10FNO2/c1-8-7-15-5-4-10(8)11-6-9(13(16)17)2-3-12(11)14/h2-7H,1H3,(H,16,17). The molecule has 0 fully saturated rings. The smallest absolute Gasteiger partial charge is 0.335 e. The number of hydrogen-bond acceptors (Lipinski definition) is 2. The molecule has 0 aliphatic rings. The molecular formula is C13H10FNO2. The van der Waals surface area contributed by atoms with E-state index in [0.29, 0.717) is 5.56 Å². The van der Waals surface area contributed by atoms with Crippen molar-refractivity contribution in [3.63, 3.8) is 0 Å². The van der Waals surface area contributed by atoms with Crippen LogP contribution in [0.15, 0.2) is 36.7 Å². The molecule has 0 aliphatic heterocycles. The minimum atomic E-state index is -1.07. The summed E-state index contributed by atoms with van der Waals surface area (Å²) in [5.74, 6) is -1.51. The molecule has 1 N–H and O–H groups in total. The van der Waals surface area contributed by atoms with Crippen molar-refractivity contribution in [1.82, 2.24) is 4.98 Å². The minimum absolute atomic E-state index is 0.0672. The lowest BCUT2D eigenvalue weighted by Gasteiger charge is -2.07. The molecule has 0 spiro atoms. The number of hydrogen-bond donors (Lipinski definition) is 1. The molecule has 0 radical (unpaired) electrons. The van der Waals surface area contributed by atoms with Crippen molar-refractivity contribution >= 4 is 5.97 Å². The number of pyridine rings is 1. The summed E-state index contributed by atoms with van der Waals surface area (Å²) >= 11 is 0. The zero-order valence-electron chi connectivity index (χ0n) is 9.14. The van der Waals surface area contributed by atoms with Crippen molar-refractivity contribution in [2.24, 2.45) is 0 Å². The summed E-state index contributed by atoms with van der Waals surface area (Å²) in [7, 11) is 0. The fraction of sp³-hybridized carbons (Fsp3) is 0.0769. The summed E-state index contributed by atoms with van der Waals surface area (Å²) in [6.45, 7) is 1.80. The number of aryl methyl sites for hydroxylation is 1. The van der Waals surface area contributed by atoms with Crippen LogP contribution in [0.4, 0.5) is 4.39 Å². The normalized spacial score (nSPS) is 10.2. The molecule has 0 saturated carbocycles. The summed E-state index contributed by atoms with van der Waals surface area (Å²) in [5.41, 5.74) is 1.80. The van der Waals surface area contributed by atoms with E-state index in [2.05, 4.69) is 4.98 Å². The van der Waals surface area contributed by atoms with Crippen molar-refractivity contribution in [2.45, 2.75) is 6.92 Å². The number of aromatic carboxylic acids is 1. The highest BCUT2D eigenvalue weighted by molar-refractivity contribution is 5.89. The second-order valence-corrected chi connectivity index (χ2v) is 3.69. The third-order valence-electron chi connectivity index (χ3n) is 2.52. The van der Waals surface area contributed by atoms with E-state index >= 15 is 0 Å². The van der Waals surface area contributed by atoms with E-state index in [1.807, 2.05) is 0 Å². The van der Waals surface area contributed by atoms with E-state index in [1.54, 1.807) is 25.4 Å². The van der Waals surface area contributed by atoms with Gasteiger partial charge in [0, 0.05) is 18.0 Å². The zero-order chi connectivity index (χ0) is 12.4. The average molecular weight is 231 g/mol. The van der Waals surface area contributed by atoms with Crippen molar-refractivity contribution in [3.05, 3.63) is 53.6 Å². The molecule has 0 amide bonds. The van der Waals surface area contributed by atoms with Gasteiger partial charge in [-0.3, -0.25) is 4.98 Å². The van der Waals surface area contributed by atoms with Crippen LogP contribution in [0.25, 0.3) is 11.1 Å². The van der Waals surface area contributed by atoms with E-state index in [0.717, 1.165) is 5.56 Å². The molecule has 0 unspecified atom stereocenters. The SMILES string of the molecule is Cc1cnccc1-c1cc(C(=O)O)ccc1F. The number of carboxylic acids is 1. The van der Waals surface area contributed by atoms with Gasteiger partial charge in [-0.05, 0) is 42.3 Å². The Hall–Kier alpha value is -2.23. The minimum Gasteiger partial charge on any atom is -0.478 e. The molecule has 86 valence electrons. The lowest BCUT2D eigenvalue weighted by Crippen LogP contribution is -1.98. The van der Waals surface area contributed by atoms with Crippen LogP contribution < -0.4 is 0 Å². The van der Waals surface area contributed by atoms with Crippen LogP contribution in [0.1, 0.15) is 15.9 Å². The van der Waals surface area contributed by atoms with Crippen LogP contribution in [-0.2, 0) is 0 Å². The van der Waals surface area contributed by atoms with Crippen LogP contribution in [0.3, 0.4) is 0 Å². The number of carbonyl (C=O) groups is 1. The number of aromatic nitrogens is 1. The first kappa shape index (κ1) is 11.3. The number of halogens is 1. The van der Waals surface area contributed by atoms with Crippen molar-refractivity contribution in [2.75, 3.05) is 0 Å². The molecule has 4 heteroatoms. The first-order valence-electron chi connectivity index (χ1n) is 5.03. The second-order valence-electron chi connectivity index (χ2n) is 3.69. The Morgan fingerprint density at radius 2 is 2.06 bits per heavy atom. The maximum atomic E-state index is 13.7. The molecule has 1 aromatic heterocycles. The number of carboxylic acid groups (broad SMARTS) is 1. The molecule has 17 heavy (non-hydrogen) atoms. The van der Waals surface area contributed by atoms with Gasteiger partial charge in [0.2, 0.25) is 0 Å². The van der Waals surface area contributed by atoms with Gasteiger partial charge in [-0.2, -0.15) is 0 Å². The van der Waals surface area contributed by atoms with Gasteiger partial charge in [-0.15, -0.1) is 0 Å². The topological polar surface area (TPSA) is 50.2 Å². The van der Waals surface area contributed by atoms with Gasteiger partial charge >= 0.3 is 5.97 Å². The van der Waals surface area contributed by atoms with Gasteiger partial charge < -0.3 is 5.11 Å². The monoisotopic (exact) mass is 231 g/mol. The first-order chi connectivity index (χ1) is 8.09. The fourth-order valence-electron chi connectivity index (χ4n) is 1.64. The molecule has 0 saturated heterocycles. The molecule has 2 aromatic rings. The van der Waals surface area contributed by atoms with Gasteiger partial charge in [0.1, 0.15) is 5.82 Å². The Labute approximate surface area is 97.6 Å². The number of rotatable bonds is 2. The lowest BCUT2D eigenvalue weighted by atomic mass is 10.00. The van der Waals surface area contributed by atoms with Gasteiger partial charge in [-0.1, -0.05) is 0 Å². The highest BCUT2D eigenvalue weighted by Crippen LogP contribution is 2.26. The second kappa shape index (κ2) is 4.33. The van der Waals surface area contributed by atoms with E-state index in [1.165, 1.54) is 18.2 Å². The Bertz CT molecular complexity index is 581. The van der Waals surface area contributed by atoms with Crippen LogP contribution >= 0.6 is 0 Å². The first-order valence-corrected chi connectivity index (χ1v) is 5.03. The largest absolute Gasteiger partial charge is 0.478 e.